The number of anilines is 2. The van der Waals surface area contributed by atoms with Gasteiger partial charge >= 0.3 is 0 Å². The monoisotopic (exact) mass is 432 g/mol. The van der Waals surface area contributed by atoms with Crippen molar-refractivity contribution < 1.29 is 0 Å². The van der Waals surface area contributed by atoms with E-state index in [9.17, 15) is 0 Å². The van der Waals surface area contributed by atoms with E-state index >= 15 is 0 Å². The van der Waals surface area contributed by atoms with Crippen LogP contribution in [-0.2, 0) is 0 Å². The highest BCUT2D eigenvalue weighted by Gasteiger charge is 2.26. The topological polar surface area (TPSA) is 31.2 Å². The van der Waals surface area contributed by atoms with E-state index in [1.165, 1.54) is 0 Å². The van der Waals surface area contributed by atoms with Gasteiger partial charge in [0.1, 0.15) is 0 Å². The third-order valence-corrected chi connectivity index (χ3v) is 7.81. The second kappa shape index (κ2) is 8.97. The molecule has 4 nitrogen and oxygen atoms in total. The molecule has 0 atom stereocenters. The molecule has 0 heterocycles. The predicted molar refractivity (Wildman–Crippen MR) is 138 cm³/mol. The zero-order valence-electron chi connectivity index (χ0n) is 18.9. The van der Waals surface area contributed by atoms with Gasteiger partial charge in [-0.25, -0.2) is 0 Å². The summed E-state index contributed by atoms with van der Waals surface area (Å²) >= 11 is 0. The van der Waals surface area contributed by atoms with Crippen LogP contribution < -0.4 is 9.35 Å². The summed E-state index contributed by atoms with van der Waals surface area (Å²) in [7, 11) is -3.36. The van der Waals surface area contributed by atoms with E-state index in [0.717, 1.165) is 22.8 Å². The van der Waals surface area contributed by atoms with Crippen LogP contribution in [0.1, 0.15) is 0 Å². The number of nitrogens with zero attached hydrogens (tertiary/aromatic N) is 4. The summed E-state index contributed by atoms with van der Waals surface area (Å²) in [5, 5.41) is 9.95. The average Bonchev–Trinajstić information content (AvgIpc) is 2.71. The van der Waals surface area contributed by atoms with Gasteiger partial charge in [0, 0.05) is 11.4 Å². The molecule has 0 amide bonds. The second-order valence-electron chi connectivity index (χ2n) is 9.35. The van der Waals surface area contributed by atoms with Crippen molar-refractivity contribution in [2.75, 3.05) is 9.35 Å². The molecular weight excluding hydrogens is 400 g/mol. The molecule has 2 aromatic rings. The van der Waals surface area contributed by atoms with E-state index in [0.29, 0.717) is 0 Å². The molecule has 0 unspecified atom stereocenters. The first-order chi connectivity index (χ1) is 14.1. The summed E-state index contributed by atoms with van der Waals surface area (Å²) in [4.78, 5) is 0. The van der Waals surface area contributed by atoms with Crippen LogP contribution in [0.2, 0.25) is 39.3 Å². The van der Waals surface area contributed by atoms with Crippen molar-refractivity contribution in [3.63, 3.8) is 0 Å². The molecule has 2 aromatic carbocycles. The van der Waals surface area contributed by atoms with Gasteiger partial charge in [0.2, 0.25) is 0 Å². The molecule has 0 fully saturated rings. The molecule has 0 radical (unpaired) electrons. The number of rotatable bonds is 6. The molecule has 1 aliphatic carbocycles. The van der Waals surface area contributed by atoms with Crippen LogP contribution in [0.4, 0.5) is 11.4 Å². The Labute approximate surface area is 183 Å². The Morgan fingerprint density at radius 1 is 0.500 bits per heavy atom. The molecule has 3 rings (SSSR count). The molecule has 0 saturated carbocycles. The van der Waals surface area contributed by atoms with Crippen LogP contribution in [0.3, 0.4) is 0 Å². The summed E-state index contributed by atoms with van der Waals surface area (Å²) in [6, 6.07) is 20.8. The van der Waals surface area contributed by atoms with Crippen molar-refractivity contribution in [2.45, 2.75) is 39.3 Å². The molecule has 156 valence electrons. The number of hydrogen-bond acceptors (Lipinski definition) is 4. The first-order valence-electron chi connectivity index (χ1n) is 10.4. The first kappa shape index (κ1) is 22.0. The van der Waals surface area contributed by atoms with Gasteiger partial charge in [0.25, 0.3) is 0 Å². The lowest BCUT2D eigenvalue weighted by atomic mass is 10.1. The third kappa shape index (κ3) is 5.67. The van der Waals surface area contributed by atoms with Gasteiger partial charge in [0.05, 0.1) is 11.4 Å². The Kier molecular flexibility index (Phi) is 6.58. The molecular formula is C24H32N4Si2. The van der Waals surface area contributed by atoms with Crippen molar-refractivity contribution >= 4 is 39.3 Å². The number of allylic oxidation sites excluding steroid dienone is 4. The zero-order chi connectivity index (χ0) is 21.8. The Morgan fingerprint density at radius 3 is 1.07 bits per heavy atom. The molecule has 0 N–H and O–H groups in total. The predicted octanol–water partition coefficient (Wildman–Crippen LogP) is 6.51. The molecule has 0 saturated heterocycles. The van der Waals surface area contributed by atoms with Gasteiger partial charge in [-0.3, -0.25) is 9.35 Å². The summed E-state index contributed by atoms with van der Waals surface area (Å²) in [6.07, 6.45) is 8.23. The third-order valence-electron chi connectivity index (χ3n) is 4.55. The van der Waals surface area contributed by atoms with Crippen molar-refractivity contribution in [1.82, 2.24) is 0 Å². The van der Waals surface area contributed by atoms with E-state index in [-0.39, 0.29) is 0 Å². The number of hydrazone groups is 2. The highest BCUT2D eigenvalue weighted by molar-refractivity contribution is 6.80. The second-order valence-corrected chi connectivity index (χ2v) is 18.9. The molecule has 30 heavy (non-hydrogen) atoms. The van der Waals surface area contributed by atoms with E-state index in [4.69, 9.17) is 10.2 Å². The van der Waals surface area contributed by atoms with Gasteiger partial charge in [-0.2, -0.15) is 10.2 Å². The molecule has 0 aromatic heterocycles. The molecule has 1 aliphatic rings. The minimum atomic E-state index is -1.68. The van der Waals surface area contributed by atoms with Crippen molar-refractivity contribution in [2.24, 2.45) is 10.2 Å². The number of benzene rings is 2. The quantitative estimate of drug-likeness (QED) is 0.296. The molecule has 6 heteroatoms. The fraction of sp³-hybridized carbons (Fsp3) is 0.250. The highest BCUT2D eigenvalue weighted by atomic mass is 28.3. The largest absolute Gasteiger partial charge is 0.295 e. The van der Waals surface area contributed by atoms with Gasteiger partial charge in [0.15, 0.2) is 16.5 Å². The fourth-order valence-corrected chi connectivity index (χ4v) is 5.82. The standard InChI is InChI=1S/C24H32N4Si2/c1-29(2,3)27(23-13-9-7-10-14-23)25-21-17-19-22(20-18-21)26-28(30(4,5)6)24-15-11-8-12-16-24/h7-20H,1-6H3. The normalized spacial score (nSPS) is 13.9. The number of hydrogen-bond donors (Lipinski definition) is 0. The van der Waals surface area contributed by atoms with Gasteiger partial charge in [-0.15, -0.1) is 0 Å². The van der Waals surface area contributed by atoms with Crippen LogP contribution in [0.15, 0.2) is 95.2 Å². The fourth-order valence-electron chi connectivity index (χ4n) is 3.15. The Bertz CT molecular complexity index is 868. The maximum absolute atomic E-state index is 4.98. The average molecular weight is 433 g/mol. The summed E-state index contributed by atoms with van der Waals surface area (Å²) < 4.78 is 4.41. The smallest absolute Gasteiger partial charge is 0.176 e. The first-order valence-corrected chi connectivity index (χ1v) is 17.3. The van der Waals surface area contributed by atoms with E-state index in [1.807, 2.05) is 12.1 Å². The van der Waals surface area contributed by atoms with E-state index < -0.39 is 16.5 Å². The highest BCUT2D eigenvalue weighted by Crippen LogP contribution is 2.24. The van der Waals surface area contributed by atoms with E-state index in [2.05, 4.69) is 121 Å². The minimum Gasteiger partial charge on any atom is -0.295 e. The molecule has 0 bridgehead atoms. The van der Waals surface area contributed by atoms with Gasteiger partial charge < -0.3 is 0 Å². The van der Waals surface area contributed by atoms with Crippen molar-refractivity contribution in [3.8, 4) is 0 Å². The molecule has 0 spiro atoms. The minimum absolute atomic E-state index is 0.944. The Balaban J connectivity index is 1.87. The SMILES string of the molecule is C[Si](C)(C)N(N=C1C=CC(=NN(c2ccccc2)[Si](C)(C)C)C=C1)c1ccccc1. The Hall–Kier alpha value is -2.71. The van der Waals surface area contributed by atoms with Crippen LogP contribution in [0.25, 0.3) is 0 Å². The zero-order valence-corrected chi connectivity index (χ0v) is 20.9. The summed E-state index contributed by atoms with van der Waals surface area (Å²) in [5.74, 6) is 0. The lowest BCUT2D eigenvalue weighted by Gasteiger charge is -2.32. The van der Waals surface area contributed by atoms with E-state index in [1.54, 1.807) is 0 Å². The van der Waals surface area contributed by atoms with Gasteiger partial charge in [-0.1, -0.05) is 36.4 Å². The van der Waals surface area contributed by atoms with Crippen molar-refractivity contribution in [3.05, 3.63) is 85.0 Å². The van der Waals surface area contributed by atoms with Crippen molar-refractivity contribution in [1.29, 1.82) is 0 Å². The summed E-state index contributed by atoms with van der Waals surface area (Å²) in [6.45, 7) is 13.8. The lowest BCUT2D eigenvalue weighted by molar-refractivity contribution is 1.12. The van der Waals surface area contributed by atoms with Crippen LogP contribution in [0, 0.1) is 0 Å². The molecule has 0 aliphatic heterocycles. The number of para-hydroxylation sites is 2. The van der Waals surface area contributed by atoms with Crippen LogP contribution in [0.5, 0.6) is 0 Å². The summed E-state index contributed by atoms with van der Waals surface area (Å²) in [5.41, 5.74) is 4.16. The maximum atomic E-state index is 4.98. The van der Waals surface area contributed by atoms with Crippen LogP contribution >= 0.6 is 0 Å². The maximum Gasteiger partial charge on any atom is 0.176 e. The van der Waals surface area contributed by atoms with Gasteiger partial charge in [-0.05, 0) is 87.9 Å². The van der Waals surface area contributed by atoms with Crippen LogP contribution in [-0.4, -0.2) is 27.9 Å². The lowest BCUT2D eigenvalue weighted by Crippen LogP contribution is -2.43. The Morgan fingerprint density at radius 2 is 0.800 bits per heavy atom.